The average Bonchev–Trinajstić information content (AvgIpc) is 3.29. The standard InChI is InChI=1S/C24H18F4N4/c1-15(16-7-9-29-10-8-16)32(20-4-2-3-19(25)12-20)14-18-6-5-17(11-21(18)26)22-13-23(24(27)28)31-30-22/h2-12,24H,1,13-14H2. The maximum Gasteiger partial charge on any atom is 0.278 e. The molecule has 0 radical (unpaired) electrons. The summed E-state index contributed by atoms with van der Waals surface area (Å²) >= 11 is 0. The molecule has 4 nitrogen and oxygen atoms in total. The van der Waals surface area contributed by atoms with Crippen LogP contribution in [0.15, 0.2) is 83.8 Å². The van der Waals surface area contributed by atoms with Crippen molar-refractivity contribution in [2.75, 3.05) is 4.90 Å². The normalized spacial score (nSPS) is 13.2. The van der Waals surface area contributed by atoms with Gasteiger partial charge in [0.1, 0.15) is 17.3 Å². The Morgan fingerprint density at radius 3 is 2.44 bits per heavy atom. The van der Waals surface area contributed by atoms with E-state index in [2.05, 4.69) is 21.8 Å². The topological polar surface area (TPSA) is 40.9 Å². The van der Waals surface area contributed by atoms with Gasteiger partial charge >= 0.3 is 0 Å². The van der Waals surface area contributed by atoms with Crippen LogP contribution in [-0.4, -0.2) is 22.8 Å². The number of benzene rings is 2. The van der Waals surface area contributed by atoms with Gasteiger partial charge in [-0.05, 0) is 36.4 Å². The predicted molar refractivity (Wildman–Crippen MR) is 117 cm³/mol. The SMILES string of the molecule is C=C(c1ccncc1)N(Cc1ccc(C2=NN=C(C(F)F)C2)cc1F)c1cccc(F)c1. The molecule has 0 fully saturated rings. The summed E-state index contributed by atoms with van der Waals surface area (Å²) in [5.41, 5.74) is 2.45. The van der Waals surface area contributed by atoms with Crippen LogP contribution in [0.3, 0.4) is 0 Å². The first-order valence-electron chi connectivity index (χ1n) is 9.75. The average molecular weight is 438 g/mol. The lowest BCUT2D eigenvalue weighted by atomic mass is 10.0. The summed E-state index contributed by atoms with van der Waals surface area (Å²) in [6.45, 7) is 4.18. The third kappa shape index (κ3) is 4.59. The van der Waals surface area contributed by atoms with Crippen LogP contribution in [0.4, 0.5) is 23.2 Å². The fraction of sp³-hybridized carbons (Fsp3) is 0.125. The minimum atomic E-state index is -2.70. The van der Waals surface area contributed by atoms with Crippen LogP contribution < -0.4 is 4.90 Å². The van der Waals surface area contributed by atoms with Gasteiger partial charge in [-0.1, -0.05) is 24.8 Å². The third-order valence-electron chi connectivity index (χ3n) is 5.07. The van der Waals surface area contributed by atoms with E-state index in [1.807, 2.05) is 0 Å². The molecule has 0 spiro atoms. The lowest BCUT2D eigenvalue weighted by molar-refractivity contribution is 0.224. The number of aromatic nitrogens is 1. The number of hydrogen-bond acceptors (Lipinski definition) is 4. The molecule has 0 saturated carbocycles. The lowest BCUT2D eigenvalue weighted by Crippen LogP contribution is -2.21. The molecule has 1 aliphatic rings. The first kappa shape index (κ1) is 21.4. The molecule has 1 aliphatic heterocycles. The Morgan fingerprint density at radius 1 is 1.00 bits per heavy atom. The molecule has 1 aromatic heterocycles. The molecule has 0 bridgehead atoms. The second kappa shape index (κ2) is 9.13. The highest BCUT2D eigenvalue weighted by Crippen LogP contribution is 2.29. The molecule has 0 saturated heterocycles. The van der Waals surface area contributed by atoms with Crippen LogP contribution in [-0.2, 0) is 6.54 Å². The number of halogens is 4. The maximum atomic E-state index is 15.0. The Balaban J connectivity index is 1.62. The second-order valence-corrected chi connectivity index (χ2v) is 7.17. The highest BCUT2D eigenvalue weighted by molar-refractivity contribution is 6.15. The van der Waals surface area contributed by atoms with E-state index in [1.165, 1.54) is 18.2 Å². The van der Waals surface area contributed by atoms with E-state index >= 15 is 0 Å². The van der Waals surface area contributed by atoms with Crippen molar-refractivity contribution >= 4 is 22.8 Å². The van der Waals surface area contributed by atoms with Crippen molar-refractivity contribution in [1.82, 2.24) is 4.98 Å². The molecule has 0 N–H and O–H groups in total. The van der Waals surface area contributed by atoms with E-state index in [0.29, 0.717) is 22.5 Å². The Bertz CT molecular complexity index is 1210. The second-order valence-electron chi connectivity index (χ2n) is 7.17. The van der Waals surface area contributed by atoms with Crippen LogP contribution in [0.25, 0.3) is 5.70 Å². The summed E-state index contributed by atoms with van der Waals surface area (Å²) in [4.78, 5) is 5.68. The first-order valence-corrected chi connectivity index (χ1v) is 9.75. The van der Waals surface area contributed by atoms with Crippen molar-refractivity contribution in [3.05, 3.63) is 102 Å². The van der Waals surface area contributed by atoms with Crippen LogP contribution in [0, 0.1) is 11.6 Å². The van der Waals surface area contributed by atoms with Gasteiger partial charge in [0.2, 0.25) is 0 Å². The number of pyridine rings is 1. The van der Waals surface area contributed by atoms with Crippen molar-refractivity contribution in [2.24, 2.45) is 10.2 Å². The molecule has 0 atom stereocenters. The zero-order chi connectivity index (χ0) is 22.7. The molecule has 162 valence electrons. The predicted octanol–water partition coefficient (Wildman–Crippen LogP) is 5.85. The highest BCUT2D eigenvalue weighted by atomic mass is 19.3. The largest absolute Gasteiger partial charge is 0.337 e. The molecule has 2 heterocycles. The highest BCUT2D eigenvalue weighted by Gasteiger charge is 2.23. The summed E-state index contributed by atoms with van der Waals surface area (Å²) in [6, 6.07) is 13.9. The molecule has 0 unspecified atom stereocenters. The van der Waals surface area contributed by atoms with Crippen LogP contribution in [0.5, 0.6) is 0 Å². The Labute approximate surface area is 182 Å². The van der Waals surface area contributed by atoms with Crippen molar-refractivity contribution < 1.29 is 17.6 Å². The fourth-order valence-corrected chi connectivity index (χ4v) is 3.36. The van der Waals surface area contributed by atoms with Gasteiger partial charge in [0.05, 0.1) is 12.3 Å². The van der Waals surface area contributed by atoms with Crippen molar-refractivity contribution in [3.63, 3.8) is 0 Å². The van der Waals surface area contributed by atoms with Crippen molar-refractivity contribution in [1.29, 1.82) is 0 Å². The van der Waals surface area contributed by atoms with Gasteiger partial charge in [-0.15, -0.1) is 0 Å². The molecule has 32 heavy (non-hydrogen) atoms. The molecule has 0 amide bonds. The van der Waals surface area contributed by atoms with Gasteiger partial charge in [0, 0.05) is 46.9 Å². The Kier molecular flexibility index (Phi) is 6.11. The zero-order valence-corrected chi connectivity index (χ0v) is 16.9. The van der Waals surface area contributed by atoms with Crippen LogP contribution in [0.1, 0.15) is 23.1 Å². The van der Waals surface area contributed by atoms with E-state index in [1.54, 1.807) is 53.7 Å². The van der Waals surface area contributed by atoms with E-state index in [-0.39, 0.29) is 24.4 Å². The summed E-state index contributed by atoms with van der Waals surface area (Å²) in [5, 5.41) is 7.22. The van der Waals surface area contributed by atoms with Gasteiger partial charge in [0.25, 0.3) is 6.43 Å². The number of anilines is 1. The van der Waals surface area contributed by atoms with Crippen molar-refractivity contribution in [3.8, 4) is 0 Å². The summed E-state index contributed by atoms with van der Waals surface area (Å²) in [5.74, 6) is -0.973. The minimum absolute atomic E-state index is 0.0714. The molecular weight excluding hydrogens is 420 g/mol. The van der Waals surface area contributed by atoms with Crippen LogP contribution >= 0.6 is 0 Å². The summed E-state index contributed by atoms with van der Waals surface area (Å²) in [6.07, 6.45) is 0.402. The molecule has 0 aliphatic carbocycles. The Hall–Kier alpha value is -3.81. The maximum absolute atomic E-state index is 15.0. The number of rotatable bonds is 7. The molecule has 3 aromatic rings. The zero-order valence-electron chi connectivity index (χ0n) is 16.9. The minimum Gasteiger partial charge on any atom is -0.337 e. The number of alkyl halides is 2. The van der Waals surface area contributed by atoms with E-state index in [0.717, 1.165) is 5.56 Å². The molecule has 2 aromatic carbocycles. The molecule has 8 heteroatoms. The van der Waals surface area contributed by atoms with Gasteiger partial charge in [-0.25, -0.2) is 17.6 Å². The number of nitrogens with zero attached hydrogens (tertiary/aromatic N) is 4. The van der Waals surface area contributed by atoms with E-state index in [9.17, 15) is 17.6 Å². The van der Waals surface area contributed by atoms with Crippen molar-refractivity contribution in [2.45, 2.75) is 19.4 Å². The van der Waals surface area contributed by atoms with E-state index < -0.39 is 18.1 Å². The van der Waals surface area contributed by atoms with Crippen LogP contribution in [0.2, 0.25) is 0 Å². The summed E-state index contributed by atoms with van der Waals surface area (Å²) in [7, 11) is 0. The third-order valence-corrected chi connectivity index (χ3v) is 5.07. The summed E-state index contributed by atoms with van der Waals surface area (Å²) < 4.78 is 54.5. The Morgan fingerprint density at radius 2 is 1.78 bits per heavy atom. The smallest absolute Gasteiger partial charge is 0.278 e. The monoisotopic (exact) mass is 438 g/mol. The quantitative estimate of drug-likeness (QED) is 0.434. The van der Waals surface area contributed by atoms with Gasteiger partial charge in [-0.3, -0.25) is 4.98 Å². The van der Waals surface area contributed by atoms with E-state index in [4.69, 9.17) is 0 Å². The fourth-order valence-electron chi connectivity index (χ4n) is 3.36. The van der Waals surface area contributed by atoms with Gasteiger partial charge in [0.15, 0.2) is 0 Å². The number of hydrogen-bond donors (Lipinski definition) is 0. The molecular formula is C24H18F4N4. The molecule has 4 rings (SSSR count). The van der Waals surface area contributed by atoms with Gasteiger partial charge in [-0.2, -0.15) is 10.2 Å². The van der Waals surface area contributed by atoms with Gasteiger partial charge < -0.3 is 4.90 Å². The lowest BCUT2D eigenvalue weighted by Gasteiger charge is -2.27. The first-order chi connectivity index (χ1) is 15.4.